The van der Waals surface area contributed by atoms with Gasteiger partial charge in [0.2, 0.25) is 0 Å². The molecule has 0 aliphatic heterocycles. The minimum absolute atomic E-state index is 0.202. The summed E-state index contributed by atoms with van der Waals surface area (Å²) < 4.78 is 5.06. The molecule has 0 aromatic carbocycles. The lowest BCUT2D eigenvalue weighted by molar-refractivity contribution is 0.131. The third kappa shape index (κ3) is 4.15. The van der Waals surface area contributed by atoms with E-state index in [9.17, 15) is 4.79 Å². The molecule has 0 aromatic heterocycles. The number of nitrogens with one attached hydrogen (secondary N) is 1. The first-order valence-electron chi connectivity index (χ1n) is 4.83. The first-order valence-corrected chi connectivity index (χ1v) is 4.83. The maximum absolute atomic E-state index is 11.2. The van der Waals surface area contributed by atoms with Crippen LogP contribution in [0.15, 0.2) is 0 Å². The number of alkyl carbamates (subject to hydrolysis) is 1. The van der Waals surface area contributed by atoms with Crippen LogP contribution in [-0.2, 0) is 4.74 Å². The molecule has 2 atom stereocenters. The summed E-state index contributed by atoms with van der Waals surface area (Å²) in [5, 5.41) is 2.76. The van der Waals surface area contributed by atoms with E-state index in [0.717, 1.165) is 5.92 Å². The van der Waals surface area contributed by atoms with Gasteiger partial charge >= 0.3 is 6.09 Å². The lowest BCUT2D eigenvalue weighted by Crippen LogP contribution is -2.41. The number of hydrogen-bond acceptors (Lipinski definition) is 2. The zero-order valence-electron chi connectivity index (χ0n) is 8.89. The molecule has 3 heteroatoms. The van der Waals surface area contributed by atoms with Crippen molar-refractivity contribution >= 4 is 6.09 Å². The van der Waals surface area contributed by atoms with Gasteiger partial charge in [0.15, 0.2) is 0 Å². The van der Waals surface area contributed by atoms with Gasteiger partial charge in [0.05, 0.1) is 6.61 Å². The Balaban J connectivity index is 2.11. The van der Waals surface area contributed by atoms with Crippen LogP contribution in [0, 0.1) is 11.8 Å². The van der Waals surface area contributed by atoms with Crippen LogP contribution in [0.5, 0.6) is 0 Å². The second-order valence-electron chi connectivity index (χ2n) is 4.95. The zero-order valence-corrected chi connectivity index (χ0v) is 8.89. The van der Waals surface area contributed by atoms with Gasteiger partial charge in [-0.3, -0.25) is 0 Å². The van der Waals surface area contributed by atoms with Gasteiger partial charge in [-0.2, -0.15) is 0 Å². The summed E-state index contributed by atoms with van der Waals surface area (Å²) in [5.41, 5.74) is -0.202. The van der Waals surface area contributed by atoms with Gasteiger partial charge < -0.3 is 10.1 Å². The van der Waals surface area contributed by atoms with Gasteiger partial charge in [-0.15, -0.1) is 0 Å². The monoisotopic (exact) mass is 185 g/mol. The third-order valence-electron chi connectivity index (χ3n) is 2.18. The molecule has 0 aromatic rings. The highest BCUT2D eigenvalue weighted by molar-refractivity contribution is 5.68. The van der Waals surface area contributed by atoms with E-state index in [-0.39, 0.29) is 11.6 Å². The fourth-order valence-corrected chi connectivity index (χ4v) is 1.16. The Kier molecular flexibility index (Phi) is 2.84. The van der Waals surface area contributed by atoms with Crippen LogP contribution in [0.2, 0.25) is 0 Å². The third-order valence-corrected chi connectivity index (χ3v) is 2.18. The molecule has 13 heavy (non-hydrogen) atoms. The van der Waals surface area contributed by atoms with Gasteiger partial charge in [0.1, 0.15) is 0 Å². The fraction of sp³-hybridized carbons (Fsp3) is 0.900. The van der Waals surface area contributed by atoms with Crippen molar-refractivity contribution in [2.24, 2.45) is 11.8 Å². The normalized spacial score (nSPS) is 26.8. The smallest absolute Gasteiger partial charge is 0.407 e. The minimum Gasteiger partial charge on any atom is -0.449 e. The van der Waals surface area contributed by atoms with Crippen molar-refractivity contribution in [2.45, 2.75) is 39.7 Å². The molecule has 1 N–H and O–H groups in total. The topological polar surface area (TPSA) is 38.3 Å². The first-order chi connectivity index (χ1) is 5.88. The zero-order chi connectivity index (χ0) is 10.1. The fourth-order valence-electron chi connectivity index (χ4n) is 1.16. The lowest BCUT2D eigenvalue weighted by Gasteiger charge is -2.19. The predicted molar refractivity (Wildman–Crippen MR) is 51.5 cm³/mol. The van der Waals surface area contributed by atoms with Crippen LogP contribution in [0.25, 0.3) is 0 Å². The van der Waals surface area contributed by atoms with E-state index in [2.05, 4.69) is 12.2 Å². The van der Waals surface area contributed by atoms with Gasteiger partial charge in [-0.05, 0) is 39.0 Å². The van der Waals surface area contributed by atoms with Crippen LogP contribution in [0.1, 0.15) is 34.1 Å². The van der Waals surface area contributed by atoms with Crippen LogP contribution in [-0.4, -0.2) is 18.2 Å². The maximum Gasteiger partial charge on any atom is 0.407 e. The Morgan fingerprint density at radius 2 is 2.08 bits per heavy atom. The molecule has 1 fully saturated rings. The highest BCUT2D eigenvalue weighted by Crippen LogP contribution is 2.37. The van der Waals surface area contributed by atoms with Gasteiger partial charge in [-0.25, -0.2) is 4.79 Å². The Hall–Kier alpha value is -0.730. The molecule has 76 valence electrons. The van der Waals surface area contributed by atoms with Crippen molar-refractivity contribution in [3.8, 4) is 0 Å². The molecule has 1 amide bonds. The molecule has 0 unspecified atom stereocenters. The van der Waals surface area contributed by atoms with E-state index >= 15 is 0 Å². The van der Waals surface area contributed by atoms with Crippen LogP contribution >= 0.6 is 0 Å². The molecule has 3 nitrogen and oxygen atoms in total. The van der Waals surface area contributed by atoms with Crippen LogP contribution < -0.4 is 5.32 Å². The van der Waals surface area contributed by atoms with Gasteiger partial charge in [-0.1, -0.05) is 6.92 Å². The first kappa shape index (κ1) is 10.4. The van der Waals surface area contributed by atoms with Crippen LogP contribution in [0.3, 0.4) is 0 Å². The number of rotatable bonds is 2. The van der Waals surface area contributed by atoms with Crippen LogP contribution in [0.4, 0.5) is 4.79 Å². The summed E-state index contributed by atoms with van der Waals surface area (Å²) in [7, 11) is 0. The van der Waals surface area contributed by atoms with Crippen molar-refractivity contribution in [2.75, 3.05) is 6.61 Å². The second-order valence-corrected chi connectivity index (χ2v) is 4.95. The summed E-state index contributed by atoms with van der Waals surface area (Å²) in [6, 6.07) is 0. The van der Waals surface area contributed by atoms with E-state index in [1.54, 1.807) is 0 Å². The molecule has 0 spiro atoms. The summed E-state index contributed by atoms with van der Waals surface area (Å²) in [5.74, 6) is 1.34. The molecule has 1 rings (SSSR count). The summed E-state index contributed by atoms with van der Waals surface area (Å²) in [6.45, 7) is 8.56. The minimum atomic E-state index is -0.299. The Morgan fingerprint density at radius 3 is 2.46 bits per heavy atom. The Labute approximate surface area is 79.8 Å². The highest BCUT2D eigenvalue weighted by Gasteiger charge is 2.33. The summed E-state index contributed by atoms with van der Waals surface area (Å²) in [6.07, 6.45) is 0.898. The van der Waals surface area contributed by atoms with E-state index in [0.29, 0.717) is 12.5 Å². The number of carbonyl (C=O) groups is 1. The number of ether oxygens (including phenoxy) is 1. The predicted octanol–water partition coefficient (Wildman–Crippen LogP) is 2.17. The van der Waals surface area contributed by atoms with Crippen molar-refractivity contribution in [1.82, 2.24) is 5.32 Å². The average molecular weight is 185 g/mol. The molecule has 0 radical (unpaired) electrons. The van der Waals surface area contributed by atoms with Crippen molar-refractivity contribution in [3.63, 3.8) is 0 Å². The highest BCUT2D eigenvalue weighted by atomic mass is 16.5. The Morgan fingerprint density at radius 1 is 1.54 bits per heavy atom. The summed E-state index contributed by atoms with van der Waals surface area (Å²) >= 11 is 0. The van der Waals surface area contributed by atoms with E-state index in [1.165, 1.54) is 6.42 Å². The standard InChI is InChI=1S/C10H19NO2/c1-7-5-8(7)6-13-9(12)11-10(2,3)4/h7-8H,5-6H2,1-4H3,(H,11,12)/t7-,8-/m1/s1. The molecule has 0 saturated heterocycles. The molecular weight excluding hydrogens is 166 g/mol. The largest absolute Gasteiger partial charge is 0.449 e. The quantitative estimate of drug-likeness (QED) is 0.716. The Bertz CT molecular complexity index is 196. The molecule has 1 saturated carbocycles. The van der Waals surface area contributed by atoms with Crippen molar-refractivity contribution in [3.05, 3.63) is 0 Å². The van der Waals surface area contributed by atoms with E-state index in [4.69, 9.17) is 4.74 Å². The van der Waals surface area contributed by atoms with Gasteiger partial charge in [0, 0.05) is 5.54 Å². The van der Waals surface area contributed by atoms with E-state index < -0.39 is 0 Å². The number of amides is 1. The lowest BCUT2D eigenvalue weighted by atomic mass is 10.1. The van der Waals surface area contributed by atoms with E-state index in [1.807, 2.05) is 20.8 Å². The molecule has 1 aliphatic carbocycles. The molecular formula is C10H19NO2. The second kappa shape index (κ2) is 3.56. The maximum atomic E-state index is 11.2. The molecule has 0 bridgehead atoms. The number of carbonyl (C=O) groups excluding carboxylic acids is 1. The number of hydrogen-bond donors (Lipinski definition) is 1. The van der Waals surface area contributed by atoms with Gasteiger partial charge in [0.25, 0.3) is 0 Å². The van der Waals surface area contributed by atoms with Crippen molar-refractivity contribution < 1.29 is 9.53 Å². The molecule has 1 aliphatic rings. The molecule has 0 heterocycles. The SMILES string of the molecule is C[C@@H]1C[C@@H]1COC(=O)NC(C)(C)C. The average Bonchev–Trinajstić information content (AvgIpc) is 2.58. The van der Waals surface area contributed by atoms with Crippen molar-refractivity contribution in [1.29, 1.82) is 0 Å². The summed E-state index contributed by atoms with van der Waals surface area (Å²) in [4.78, 5) is 11.2.